The van der Waals surface area contributed by atoms with Crippen molar-refractivity contribution in [1.29, 1.82) is 0 Å². The molecule has 1 heterocycles. The first-order valence-corrected chi connectivity index (χ1v) is 11.6. The van der Waals surface area contributed by atoms with Crippen LogP contribution in [0.4, 0.5) is 17.6 Å². The average Bonchev–Trinajstić information content (AvgIpc) is 3.11. The first-order chi connectivity index (χ1) is 17.9. The number of carbonyl (C=O) groups excluding carboxylic acids is 2. The van der Waals surface area contributed by atoms with Crippen LogP contribution in [0.5, 0.6) is 11.5 Å². The molecule has 3 aromatic carbocycles. The van der Waals surface area contributed by atoms with E-state index in [1.165, 1.54) is 41.0 Å². The molecule has 1 atom stereocenters. The summed E-state index contributed by atoms with van der Waals surface area (Å²) < 4.78 is 64.3. The summed E-state index contributed by atoms with van der Waals surface area (Å²) in [5.74, 6) is -3.44. The average molecular weight is 572 g/mol. The molecule has 1 aromatic heterocycles. The third kappa shape index (κ3) is 6.75. The Morgan fingerprint density at radius 2 is 1.69 bits per heavy atom. The van der Waals surface area contributed by atoms with E-state index in [-0.39, 0.29) is 75.1 Å². The van der Waals surface area contributed by atoms with Crippen molar-refractivity contribution in [2.75, 3.05) is 0 Å². The molecule has 4 rings (SSSR count). The van der Waals surface area contributed by atoms with Crippen LogP contribution in [0, 0.1) is 12.7 Å². The summed E-state index contributed by atoms with van der Waals surface area (Å²) in [6, 6.07) is 12.9. The summed E-state index contributed by atoms with van der Waals surface area (Å²) in [5.41, 5.74) is 0.914. The van der Waals surface area contributed by atoms with Crippen LogP contribution >= 0.6 is 11.6 Å². The molecule has 0 aliphatic carbocycles. The maximum absolute atomic E-state index is 14.7. The number of ether oxygens (including phenoxy) is 2. The van der Waals surface area contributed by atoms with Gasteiger partial charge < -0.3 is 23.9 Å². The zero-order valence-corrected chi connectivity index (χ0v) is 23.7. The number of carboxylic acids is 1. The molecule has 4 aromatic rings. The van der Waals surface area contributed by atoms with Crippen LogP contribution < -0.4 is 44.1 Å². The molecule has 0 bridgehead atoms. The minimum atomic E-state index is -4.97. The van der Waals surface area contributed by atoms with E-state index in [0.29, 0.717) is 5.02 Å². The van der Waals surface area contributed by atoms with E-state index in [2.05, 4.69) is 4.74 Å². The zero-order valence-electron chi connectivity index (χ0n) is 20.9. The molecule has 198 valence electrons. The second-order valence-corrected chi connectivity index (χ2v) is 8.77. The van der Waals surface area contributed by atoms with Gasteiger partial charge in [0.1, 0.15) is 23.4 Å². The number of benzene rings is 3. The molecule has 0 saturated carbocycles. The predicted octanol–water partition coefficient (Wildman–Crippen LogP) is 2.77. The molecular formula is C27H19ClF4NNaO5. The second kappa shape index (κ2) is 12.0. The van der Waals surface area contributed by atoms with Crippen molar-refractivity contribution >= 4 is 34.3 Å². The number of aliphatic carboxylic acids is 1. The molecule has 0 aliphatic heterocycles. The fraction of sp³-hybridized carbons (Fsp3) is 0.185. The van der Waals surface area contributed by atoms with Gasteiger partial charge >= 0.3 is 35.9 Å². The summed E-state index contributed by atoms with van der Waals surface area (Å²) in [7, 11) is 0. The van der Waals surface area contributed by atoms with Crippen molar-refractivity contribution < 1.29 is 71.3 Å². The van der Waals surface area contributed by atoms with E-state index in [1.54, 1.807) is 13.8 Å². The standard InChI is InChI=1S/C27H20ClF4NO5.Na/c1-3-23(26(35)36)37-20-11-17(29)10-18(12-20)33-14(2)24(25(34)15-4-6-16(28)7-5-15)21-9-8-19(13-22(21)33)38-27(30,31)32;/h4-13,23H,3H2,1-2H3,(H,35,36);/q;+1/p-1/t23-;/m1./s1. The second-order valence-electron chi connectivity index (χ2n) is 8.34. The first-order valence-electron chi connectivity index (χ1n) is 11.3. The van der Waals surface area contributed by atoms with Crippen LogP contribution in [0.2, 0.25) is 5.02 Å². The number of rotatable bonds is 8. The number of hydrogen-bond acceptors (Lipinski definition) is 5. The van der Waals surface area contributed by atoms with Crippen molar-refractivity contribution in [2.45, 2.75) is 32.7 Å². The van der Waals surface area contributed by atoms with Gasteiger partial charge in [0, 0.05) is 39.9 Å². The molecule has 0 fully saturated rings. The van der Waals surface area contributed by atoms with Gasteiger partial charge in [0.05, 0.1) is 22.7 Å². The van der Waals surface area contributed by atoms with Crippen LogP contribution in [-0.4, -0.2) is 28.8 Å². The summed E-state index contributed by atoms with van der Waals surface area (Å²) in [5, 5.41) is 12.0. The molecule has 0 radical (unpaired) electrons. The molecule has 0 aliphatic rings. The Labute approximate surface area is 247 Å². The van der Waals surface area contributed by atoms with E-state index in [9.17, 15) is 32.3 Å². The van der Waals surface area contributed by atoms with Crippen molar-refractivity contribution in [3.63, 3.8) is 0 Å². The van der Waals surface area contributed by atoms with Crippen molar-refractivity contribution in [1.82, 2.24) is 4.57 Å². The van der Waals surface area contributed by atoms with Gasteiger partial charge in [-0.3, -0.25) is 4.79 Å². The van der Waals surface area contributed by atoms with Gasteiger partial charge in [-0.2, -0.15) is 0 Å². The number of hydrogen-bond donors (Lipinski definition) is 0. The van der Waals surface area contributed by atoms with Crippen LogP contribution in [0.3, 0.4) is 0 Å². The Hall–Kier alpha value is -3.05. The number of aromatic nitrogens is 1. The SMILES string of the molecule is CC[C@@H](Oc1cc(F)cc(-n2c(C)c(C(=O)c3ccc(Cl)cc3)c3ccc(OC(F)(F)F)cc32)c1)C(=O)[O-].[Na+]. The molecule has 0 amide bonds. The van der Waals surface area contributed by atoms with E-state index < -0.39 is 35.8 Å². The van der Waals surface area contributed by atoms with E-state index in [0.717, 1.165) is 24.3 Å². The summed E-state index contributed by atoms with van der Waals surface area (Å²) in [4.78, 5) is 24.8. The predicted molar refractivity (Wildman–Crippen MR) is 129 cm³/mol. The Balaban J connectivity index is 0.00000420. The van der Waals surface area contributed by atoms with Gasteiger partial charge in [-0.1, -0.05) is 18.5 Å². The summed E-state index contributed by atoms with van der Waals surface area (Å²) in [6.45, 7) is 3.09. The van der Waals surface area contributed by atoms with Crippen LogP contribution in [0.15, 0.2) is 60.7 Å². The Morgan fingerprint density at radius 3 is 2.28 bits per heavy atom. The van der Waals surface area contributed by atoms with Crippen LogP contribution in [0.1, 0.15) is 35.0 Å². The van der Waals surface area contributed by atoms with Gasteiger partial charge in [0.25, 0.3) is 0 Å². The normalized spacial score (nSPS) is 12.1. The number of nitrogens with zero attached hydrogens (tertiary/aromatic N) is 1. The van der Waals surface area contributed by atoms with Crippen molar-refractivity contribution in [2.24, 2.45) is 0 Å². The van der Waals surface area contributed by atoms with E-state index >= 15 is 0 Å². The number of fused-ring (bicyclic) bond motifs is 1. The molecule has 0 N–H and O–H groups in total. The molecule has 0 unspecified atom stereocenters. The molecule has 0 spiro atoms. The van der Waals surface area contributed by atoms with Crippen molar-refractivity contribution in [3.05, 3.63) is 88.3 Å². The largest absolute Gasteiger partial charge is 1.00 e. The number of ketones is 1. The third-order valence-electron chi connectivity index (χ3n) is 5.77. The Kier molecular flexibility index (Phi) is 9.38. The van der Waals surface area contributed by atoms with Gasteiger partial charge in [0.2, 0.25) is 0 Å². The maximum atomic E-state index is 14.7. The van der Waals surface area contributed by atoms with Gasteiger partial charge in [-0.15, -0.1) is 13.2 Å². The van der Waals surface area contributed by atoms with Crippen LogP contribution in [0.25, 0.3) is 16.6 Å². The monoisotopic (exact) mass is 571 g/mol. The number of carboxylic acid groups (broad SMARTS) is 1. The fourth-order valence-electron chi connectivity index (χ4n) is 4.16. The molecular weight excluding hydrogens is 553 g/mol. The van der Waals surface area contributed by atoms with E-state index in [4.69, 9.17) is 16.3 Å². The minimum absolute atomic E-state index is 0. The summed E-state index contributed by atoms with van der Waals surface area (Å²) in [6.07, 6.45) is -6.29. The molecule has 6 nitrogen and oxygen atoms in total. The quantitative estimate of drug-likeness (QED) is 0.185. The zero-order chi connectivity index (χ0) is 27.8. The van der Waals surface area contributed by atoms with Crippen LogP contribution in [-0.2, 0) is 4.79 Å². The van der Waals surface area contributed by atoms with Gasteiger partial charge in [0.15, 0.2) is 5.78 Å². The molecule has 0 saturated heterocycles. The Morgan fingerprint density at radius 1 is 1.03 bits per heavy atom. The smallest absolute Gasteiger partial charge is 0.546 e. The van der Waals surface area contributed by atoms with Crippen molar-refractivity contribution in [3.8, 4) is 17.2 Å². The Bertz CT molecular complexity index is 1540. The topological polar surface area (TPSA) is 80.6 Å². The van der Waals surface area contributed by atoms with Gasteiger partial charge in [-0.25, -0.2) is 4.39 Å². The minimum Gasteiger partial charge on any atom is -0.546 e. The molecule has 12 heteroatoms. The maximum Gasteiger partial charge on any atom is 1.00 e. The third-order valence-corrected chi connectivity index (χ3v) is 6.02. The van der Waals surface area contributed by atoms with E-state index in [1.807, 2.05) is 0 Å². The number of halogens is 5. The number of carbonyl (C=O) groups is 2. The first kappa shape index (κ1) is 30.5. The summed E-state index contributed by atoms with van der Waals surface area (Å²) >= 11 is 5.93. The number of alkyl halides is 3. The molecule has 39 heavy (non-hydrogen) atoms. The van der Waals surface area contributed by atoms with Gasteiger partial charge in [-0.05, 0) is 55.8 Å². The fourth-order valence-corrected chi connectivity index (χ4v) is 4.29.